The van der Waals surface area contributed by atoms with Crippen molar-refractivity contribution < 1.29 is 13.2 Å². The van der Waals surface area contributed by atoms with Crippen molar-refractivity contribution in [3.05, 3.63) is 65.7 Å². The Bertz CT molecular complexity index is 1110. The maximum Gasteiger partial charge on any atom is 0.323 e. The average molecular weight is 366 g/mol. The highest BCUT2D eigenvalue weighted by molar-refractivity contribution is 7.90. The second kappa shape index (κ2) is 6.14. The summed E-state index contributed by atoms with van der Waals surface area (Å²) in [6, 6.07) is 15.9. The molecular weight excluding hydrogens is 348 g/mol. The topological polar surface area (TPSA) is 75.3 Å². The zero-order valence-corrected chi connectivity index (χ0v) is 15.1. The number of carbonyl (C=O) groups is 1. The van der Waals surface area contributed by atoms with Crippen molar-refractivity contribution in [1.82, 2.24) is 0 Å². The molecule has 3 aromatic rings. The van der Waals surface area contributed by atoms with E-state index in [0.29, 0.717) is 5.69 Å². The Morgan fingerprint density at radius 2 is 1.58 bits per heavy atom. The lowest BCUT2D eigenvalue weighted by Gasteiger charge is -2.12. The minimum Gasteiger partial charge on any atom is -0.308 e. The van der Waals surface area contributed by atoms with Crippen LogP contribution in [0, 0.1) is 0 Å². The zero-order valence-electron chi connectivity index (χ0n) is 14.2. The van der Waals surface area contributed by atoms with Gasteiger partial charge in [-0.2, -0.15) is 0 Å². The number of aryl methyl sites for hydroxylation is 2. The molecule has 1 aliphatic carbocycles. The van der Waals surface area contributed by atoms with E-state index in [9.17, 15) is 13.2 Å². The molecule has 0 fully saturated rings. The third kappa shape index (κ3) is 3.04. The van der Waals surface area contributed by atoms with E-state index in [2.05, 4.69) is 22.8 Å². The van der Waals surface area contributed by atoms with E-state index in [0.717, 1.165) is 30.2 Å². The standard InChI is InChI=1S/C20H18N2O3S/c1-26(24,25)16-10-8-15(9-11-16)21-20(23)22-18-12-7-14-6-5-13-3-2-4-17(18)19(13)14/h2-4,7-12H,5-6H2,1H3,(H2,21,22,23). The minimum atomic E-state index is -3.25. The van der Waals surface area contributed by atoms with Gasteiger partial charge < -0.3 is 10.6 Å². The SMILES string of the molecule is CS(=O)(=O)c1ccc(NC(=O)Nc2ccc3c4c(cccc24)CC3)cc1. The summed E-state index contributed by atoms with van der Waals surface area (Å²) in [4.78, 5) is 12.6. The molecule has 0 atom stereocenters. The second-order valence-electron chi connectivity index (χ2n) is 6.49. The molecule has 2 amide bonds. The summed E-state index contributed by atoms with van der Waals surface area (Å²) < 4.78 is 23.0. The van der Waals surface area contributed by atoms with Crippen molar-refractivity contribution in [2.45, 2.75) is 17.7 Å². The molecule has 5 nitrogen and oxygen atoms in total. The van der Waals surface area contributed by atoms with Crippen LogP contribution in [-0.2, 0) is 22.7 Å². The van der Waals surface area contributed by atoms with Crippen LogP contribution in [0.1, 0.15) is 11.1 Å². The van der Waals surface area contributed by atoms with Crippen LogP contribution in [0.5, 0.6) is 0 Å². The first-order chi connectivity index (χ1) is 12.4. The highest BCUT2D eigenvalue weighted by Gasteiger charge is 2.16. The van der Waals surface area contributed by atoms with Gasteiger partial charge in [0, 0.05) is 17.3 Å². The van der Waals surface area contributed by atoms with Gasteiger partial charge in [0.15, 0.2) is 9.84 Å². The maximum absolute atomic E-state index is 12.4. The summed E-state index contributed by atoms with van der Waals surface area (Å²) in [5.74, 6) is 0. The first-order valence-corrected chi connectivity index (χ1v) is 10.2. The molecule has 0 heterocycles. The van der Waals surface area contributed by atoms with Crippen molar-refractivity contribution in [2.75, 3.05) is 16.9 Å². The fourth-order valence-corrected chi connectivity index (χ4v) is 4.06. The Balaban J connectivity index is 1.55. The summed E-state index contributed by atoms with van der Waals surface area (Å²) in [6.07, 6.45) is 3.22. The molecule has 6 heteroatoms. The van der Waals surface area contributed by atoms with E-state index in [1.54, 1.807) is 12.1 Å². The number of hydrogen-bond donors (Lipinski definition) is 2. The lowest BCUT2D eigenvalue weighted by molar-refractivity contribution is 0.262. The van der Waals surface area contributed by atoms with Crippen molar-refractivity contribution in [3.63, 3.8) is 0 Å². The Labute approximate surface area is 152 Å². The van der Waals surface area contributed by atoms with Crippen LogP contribution >= 0.6 is 0 Å². The molecule has 0 saturated heterocycles. The van der Waals surface area contributed by atoms with Crippen molar-refractivity contribution in [3.8, 4) is 0 Å². The Morgan fingerprint density at radius 1 is 0.885 bits per heavy atom. The Kier molecular flexibility index (Phi) is 3.92. The van der Waals surface area contributed by atoms with Gasteiger partial charge in [-0.05, 0) is 59.7 Å². The molecule has 0 saturated carbocycles. The number of rotatable bonds is 3. The molecule has 2 N–H and O–H groups in total. The number of amides is 2. The van der Waals surface area contributed by atoms with Gasteiger partial charge in [-0.25, -0.2) is 13.2 Å². The lowest BCUT2D eigenvalue weighted by Crippen LogP contribution is -2.19. The predicted octanol–water partition coefficient (Wildman–Crippen LogP) is 3.99. The highest BCUT2D eigenvalue weighted by Crippen LogP contribution is 2.35. The summed E-state index contributed by atoms with van der Waals surface area (Å²) in [5, 5.41) is 7.91. The summed E-state index contributed by atoms with van der Waals surface area (Å²) in [6.45, 7) is 0. The number of urea groups is 1. The first kappa shape index (κ1) is 16.6. The third-order valence-corrected chi connectivity index (χ3v) is 5.79. The Morgan fingerprint density at radius 3 is 2.27 bits per heavy atom. The molecule has 132 valence electrons. The highest BCUT2D eigenvalue weighted by atomic mass is 32.2. The number of anilines is 2. The monoisotopic (exact) mass is 366 g/mol. The van der Waals surface area contributed by atoms with Gasteiger partial charge >= 0.3 is 6.03 Å². The number of carbonyl (C=O) groups excluding carboxylic acids is 1. The van der Waals surface area contributed by atoms with E-state index in [1.165, 1.54) is 28.6 Å². The smallest absolute Gasteiger partial charge is 0.308 e. The normalized spacial score (nSPS) is 13.0. The van der Waals surface area contributed by atoms with Crippen molar-refractivity contribution in [1.29, 1.82) is 0 Å². The van der Waals surface area contributed by atoms with Gasteiger partial charge in [-0.1, -0.05) is 24.3 Å². The number of sulfone groups is 1. The molecule has 0 aromatic heterocycles. The molecule has 4 rings (SSSR count). The number of benzene rings is 3. The van der Waals surface area contributed by atoms with E-state index < -0.39 is 9.84 Å². The average Bonchev–Trinajstić information content (AvgIpc) is 3.02. The van der Waals surface area contributed by atoms with E-state index in [-0.39, 0.29) is 10.9 Å². The maximum atomic E-state index is 12.4. The molecule has 3 aromatic carbocycles. The first-order valence-electron chi connectivity index (χ1n) is 8.33. The number of nitrogens with one attached hydrogen (secondary N) is 2. The van der Waals surface area contributed by atoms with Gasteiger partial charge in [0.2, 0.25) is 0 Å². The zero-order chi connectivity index (χ0) is 18.3. The summed E-state index contributed by atoms with van der Waals surface area (Å²) in [5.41, 5.74) is 3.93. The molecule has 0 spiro atoms. The van der Waals surface area contributed by atoms with Crippen LogP contribution in [0.3, 0.4) is 0 Å². The van der Waals surface area contributed by atoms with Crippen LogP contribution in [-0.4, -0.2) is 20.7 Å². The third-order valence-electron chi connectivity index (χ3n) is 4.67. The van der Waals surface area contributed by atoms with Gasteiger partial charge in [-0.3, -0.25) is 0 Å². The van der Waals surface area contributed by atoms with Crippen molar-refractivity contribution >= 4 is 38.0 Å². The fraction of sp³-hybridized carbons (Fsp3) is 0.150. The van der Waals surface area contributed by atoms with Crippen LogP contribution < -0.4 is 10.6 Å². The Hall–Kier alpha value is -2.86. The van der Waals surface area contributed by atoms with E-state index >= 15 is 0 Å². The number of hydrogen-bond acceptors (Lipinski definition) is 3. The van der Waals surface area contributed by atoms with E-state index in [4.69, 9.17) is 0 Å². The summed E-state index contributed by atoms with van der Waals surface area (Å²) >= 11 is 0. The molecule has 0 aliphatic heterocycles. The van der Waals surface area contributed by atoms with Gasteiger partial charge in [-0.15, -0.1) is 0 Å². The minimum absolute atomic E-state index is 0.218. The van der Waals surface area contributed by atoms with Crippen LogP contribution in [0.4, 0.5) is 16.2 Å². The lowest BCUT2D eigenvalue weighted by atomic mass is 10.0. The fourth-order valence-electron chi connectivity index (χ4n) is 3.43. The van der Waals surface area contributed by atoms with Crippen LogP contribution in [0.2, 0.25) is 0 Å². The van der Waals surface area contributed by atoms with Gasteiger partial charge in [0.1, 0.15) is 0 Å². The molecular formula is C20H18N2O3S. The second-order valence-corrected chi connectivity index (χ2v) is 8.50. The quantitative estimate of drug-likeness (QED) is 0.736. The molecule has 0 bridgehead atoms. The summed E-state index contributed by atoms with van der Waals surface area (Å²) in [7, 11) is -3.25. The van der Waals surface area contributed by atoms with Gasteiger partial charge in [0.05, 0.1) is 10.6 Å². The molecule has 0 radical (unpaired) electrons. The largest absolute Gasteiger partial charge is 0.323 e. The molecule has 1 aliphatic rings. The molecule has 0 unspecified atom stereocenters. The van der Waals surface area contributed by atoms with Crippen LogP contribution in [0.25, 0.3) is 10.8 Å². The van der Waals surface area contributed by atoms with Crippen molar-refractivity contribution in [2.24, 2.45) is 0 Å². The van der Waals surface area contributed by atoms with Gasteiger partial charge in [0.25, 0.3) is 0 Å². The van der Waals surface area contributed by atoms with Crippen LogP contribution in [0.15, 0.2) is 59.5 Å². The molecule has 26 heavy (non-hydrogen) atoms. The predicted molar refractivity (Wildman–Crippen MR) is 104 cm³/mol. The van der Waals surface area contributed by atoms with E-state index in [1.807, 2.05) is 18.2 Å².